The van der Waals surface area contributed by atoms with Crippen molar-refractivity contribution in [2.45, 2.75) is 0 Å². The minimum atomic E-state index is 0.602. The number of nitrogens with zero attached hydrogens (tertiary/aromatic N) is 4. The second-order valence-electron chi connectivity index (χ2n) is 12.2. The van der Waals surface area contributed by atoms with Crippen LogP contribution in [0.15, 0.2) is 162 Å². The summed E-state index contributed by atoms with van der Waals surface area (Å²) in [6.07, 6.45) is 1.82. The number of hydrogen-bond donors (Lipinski definition) is 0. The van der Waals surface area contributed by atoms with Crippen molar-refractivity contribution in [2.24, 2.45) is 0 Å². The molecule has 5 nitrogen and oxygen atoms in total. The van der Waals surface area contributed by atoms with Gasteiger partial charge in [-0.1, -0.05) is 121 Å². The van der Waals surface area contributed by atoms with E-state index in [2.05, 4.69) is 96.0 Å². The van der Waals surface area contributed by atoms with Crippen LogP contribution >= 0.6 is 11.3 Å². The van der Waals surface area contributed by atoms with E-state index in [1.165, 1.54) is 15.5 Å². The molecule has 0 aliphatic rings. The van der Waals surface area contributed by atoms with Crippen LogP contribution in [-0.2, 0) is 0 Å². The molecule has 10 rings (SSSR count). The fraction of sp³-hybridized carbons (Fsp3) is 0. The lowest BCUT2D eigenvalue weighted by atomic mass is 9.99. The predicted octanol–water partition coefficient (Wildman–Crippen LogP) is 11.9. The zero-order valence-electron chi connectivity index (χ0n) is 26.6. The summed E-state index contributed by atoms with van der Waals surface area (Å²) in [6.45, 7) is 0. The van der Waals surface area contributed by atoms with Crippen LogP contribution in [0.5, 0.6) is 0 Å². The summed E-state index contributed by atoms with van der Waals surface area (Å²) in [6, 6.07) is 51.9. The number of fused-ring (bicyclic) bond motifs is 6. The standard InChI is InChI=1S/C44H26N4OS/c1-2-11-29(12-3-1)42-46-43(48-44(47-42)35-18-9-15-32-31-13-4-5-21-38(31)50-41(32)35)34-17-10-20-37-39(34)33-16-8-14-30(40(33)49-37)27-22-24-28(25-23-27)36-19-6-7-26-45-36/h1-26H. The number of benzene rings is 6. The number of pyridine rings is 1. The maximum atomic E-state index is 6.65. The Morgan fingerprint density at radius 1 is 0.440 bits per heavy atom. The van der Waals surface area contributed by atoms with Crippen LogP contribution in [0.4, 0.5) is 0 Å². The first-order valence-corrected chi connectivity index (χ1v) is 17.3. The van der Waals surface area contributed by atoms with Crippen LogP contribution in [0.3, 0.4) is 0 Å². The Morgan fingerprint density at radius 2 is 1.10 bits per heavy atom. The van der Waals surface area contributed by atoms with Crippen LogP contribution in [0.2, 0.25) is 0 Å². The Balaban J connectivity index is 1.17. The molecule has 4 heterocycles. The topological polar surface area (TPSA) is 64.7 Å². The Bertz CT molecular complexity index is 2860. The zero-order valence-corrected chi connectivity index (χ0v) is 27.4. The van der Waals surface area contributed by atoms with Gasteiger partial charge in [0.15, 0.2) is 17.5 Å². The van der Waals surface area contributed by atoms with Crippen molar-refractivity contribution >= 4 is 53.4 Å². The molecule has 0 amide bonds. The molecule has 0 radical (unpaired) electrons. The first kappa shape index (κ1) is 28.5. The van der Waals surface area contributed by atoms with Crippen molar-refractivity contribution < 1.29 is 4.42 Å². The largest absolute Gasteiger partial charge is 0.455 e. The van der Waals surface area contributed by atoms with Gasteiger partial charge in [0.1, 0.15) is 11.2 Å². The van der Waals surface area contributed by atoms with E-state index in [0.717, 1.165) is 65.7 Å². The molecule has 6 heteroatoms. The van der Waals surface area contributed by atoms with E-state index < -0.39 is 0 Å². The van der Waals surface area contributed by atoms with Gasteiger partial charge in [0.05, 0.1) is 5.69 Å². The number of para-hydroxylation sites is 1. The molecule has 0 aliphatic heterocycles. The molecule has 0 atom stereocenters. The molecule has 234 valence electrons. The number of aromatic nitrogens is 4. The van der Waals surface area contributed by atoms with Gasteiger partial charge in [-0.05, 0) is 35.9 Å². The van der Waals surface area contributed by atoms with Gasteiger partial charge in [-0.25, -0.2) is 15.0 Å². The van der Waals surface area contributed by atoms with Crippen LogP contribution < -0.4 is 0 Å². The smallest absolute Gasteiger partial charge is 0.165 e. The monoisotopic (exact) mass is 658 g/mol. The van der Waals surface area contributed by atoms with E-state index in [-0.39, 0.29) is 0 Å². The van der Waals surface area contributed by atoms with Crippen LogP contribution in [0.1, 0.15) is 0 Å². The third kappa shape index (κ3) is 4.69. The molecular weight excluding hydrogens is 633 g/mol. The molecule has 0 aliphatic carbocycles. The minimum Gasteiger partial charge on any atom is -0.455 e. The molecule has 0 saturated carbocycles. The summed E-state index contributed by atoms with van der Waals surface area (Å²) in [4.78, 5) is 19.9. The molecular formula is C44H26N4OS. The highest BCUT2D eigenvalue weighted by Gasteiger charge is 2.21. The number of rotatable bonds is 5. The molecule has 0 fully saturated rings. The highest BCUT2D eigenvalue weighted by atomic mass is 32.1. The van der Waals surface area contributed by atoms with Crippen molar-refractivity contribution in [1.82, 2.24) is 19.9 Å². The van der Waals surface area contributed by atoms with E-state index in [0.29, 0.717) is 17.5 Å². The molecule has 0 bridgehead atoms. The average molecular weight is 659 g/mol. The van der Waals surface area contributed by atoms with Crippen molar-refractivity contribution in [1.29, 1.82) is 0 Å². The molecule has 10 aromatic rings. The predicted molar refractivity (Wildman–Crippen MR) is 205 cm³/mol. The van der Waals surface area contributed by atoms with Gasteiger partial charge in [-0.3, -0.25) is 4.98 Å². The maximum absolute atomic E-state index is 6.65. The van der Waals surface area contributed by atoms with Gasteiger partial charge in [0.25, 0.3) is 0 Å². The quantitative estimate of drug-likeness (QED) is 0.184. The Hall–Kier alpha value is -6.50. The average Bonchev–Trinajstić information content (AvgIpc) is 3.77. The van der Waals surface area contributed by atoms with Gasteiger partial charge in [0.2, 0.25) is 0 Å². The van der Waals surface area contributed by atoms with Gasteiger partial charge in [0, 0.05) is 65.0 Å². The van der Waals surface area contributed by atoms with Crippen LogP contribution in [0.25, 0.3) is 98.7 Å². The molecule has 50 heavy (non-hydrogen) atoms. The van der Waals surface area contributed by atoms with E-state index in [4.69, 9.17) is 19.4 Å². The molecule has 0 unspecified atom stereocenters. The summed E-state index contributed by atoms with van der Waals surface area (Å²) in [5, 5.41) is 4.43. The molecule has 0 N–H and O–H groups in total. The molecule has 4 aromatic heterocycles. The summed E-state index contributed by atoms with van der Waals surface area (Å²) in [5.74, 6) is 1.87. The van der Waals surface area contributed by atoms with Gasteiger partial charge < -0.3 is 4.42 Å². The number of hydrogen-bond acceptors (Lipinski definition) is 6. The Morgan fingerprint density at radius 3 is 1.94 bits per heavy atom. The van der Waals surface area contributed by atoms with Gasteiger partial charge in [-0.15, -0.1) is 11.3 Å². The first-order valence-electron chi connectivity index (χ1n) is 16.5. The lowest BCUT2D eigenvalue weighted by Crippen LogP contribution is -2.00. The van der Waals surface area contributed by atoms with E-state index in [9.17, 15) is 0 Å². The molecule has 0 saturated heterocycles. The highest BCUT2D eigenvalue weighted by Crippen LogP contribution is 2.42. The third-order valence-corrected chi connectivity index (χ3v) is 10.5. The third-order valence-electron chi connectivity index (χ3n) is 9.23. The lowest BCUT2D eigenvalue weighted by molar-refractivity contribution is 0.670. The van der Waals surface area contributed by atoms with Crippen LogP contribution in [-0.4, -0.2) is 19.9 Å². The first-order chi connectivity index (χ1) is 24.8. The summed E-state index contributed by atoms with van der Waals surface area (Å²) >= 11 is 1.77. The van der Waals surface area contributed by atoms with Crippen molar-refractivity contribution in [3.05, 3.63) is 158 Å². The number of furan rings is 1. The van der Waals surface area contributed by atoms with Crippen molar-refractivity contribution in [3.8, 4) is 56.5 Å². The lowest BCUT2D eigenvalue weighted by Gasteiger charge is -2.10. The van der Waals surface area contributed by atoms with Crippen LogP contribution in [0, 0.1) is 0 Å². The maximum Gasteiger partial charge on any atom is 0.165 e. The summed E-state index contributed by atoms with van der Waals surface area (Å²) in [5.41, 5.74) is 8.54. The van der Waals surface area contributed by atoms with E-state index in [1.807, 2.05) is 66.9 Å². The molecule has 6 aromatic carbocycles. The Labute approximate surface area is 291 Å². The van der Waals surface area contributed by atoms with Crippen molar-refractivity contribution in [3.63, 3.8) is 0 Å². The highest BCUT2D eigenvalue weighted by molar-refractivity contribution is 7.26. The van der Waals surface area contributed by atoms with Gasteiger partial charge in [-0.2, -0.15) is 0 Å². The van der Waals surface area contributed by atoms with Crippen molar-refractivity contribution in [2.75, 3.05) is 0 Å². The summed E-state index contributed by atoms with van der Waals surface area (Å²) < 4.78 is 9.06. The van der Waals surface area contributed by atoms with E-state index in [1.54, 1.807) is 11.3 Å². The minimum absolute atomic E-state index is 0.602. The van der Waals surface area contributed by atoms with E-state index >= 15 is 0 Å². The second kappa shape index (κ2) is 11.6. The SMILES string of the molecule is c1ccc(-c2nc(-c3cccc4c3sc3ccccc34)nc(-c3cccc4oc5c(-c6ccc(-c7ccccn7)cc6)cccc5c34)n2)cc1. The zero-order chi connectivity index (χ0) is 33.0. The summed E-state index contributed by atoms with van der Waals surface area (Å²) in [7, 11) is 0. The normalized spacial score (nSPS) is 11.6. The molecule has 0 spiro atoms. The van der Waals surface area contributed by atoms with Gasteiger partial charge >= 0.3 is 0 Å². The fourth-order valence-electron chi connectivity index (χ4n) is 6.87. The second-order valence-corrected chi connectivity index (χ2v) is 13.3. The number of thiophene rings is 1. The fourth-order valence-corrected chi connectivity index (χ4v) is 8.08. The Kier molecular flexibility index (Phi) is 6.60.